The molecule has 11 amide bonds. The van der Waals surface area contributed by atoms with Crippen LogP contribution in [0.25, 0.3) is 0 Å². The van der Waals surface area contributed by atoms with Crippen LogP contribution in [0, 0.1) is 52.8 Å². The Labute approximate surface area is 825 Å². The monoisotopic (exact) mass is 1930 g/mol. The molecule has 8 bridgehead atoms. The molecule has 8 aliphatic heterocycles. The SMILES string of the molecule is CC(C)(OC(=O)N1CCCC1=O)C12CC3CC(CC(C3)C1)C2.CC(C)(OC(=O)N1CCCCC1)C1CCCCC1.CC(C)C(C)(C)OC(=O)N1CCCC1=O.CC1(OC(=O)N2CCCCC2)CCCCC1.CCC(C)(C)OC(=O)N1CCCCC1.CCC(CC)(CC)OC(=O)N1CCCCC1.CCC1(OC(=O)N2CCCC2=O)CCCCC1.O=C(OC12CC3CC(CC(C3)C1)C2)N1CCCCC1. The molecular formula is C110H188N8O19. The number of hydrogen-bond acceptors (Lipinski definition) is 19. The zero-order valence-electron chi connectivity index (χ0n) is 88.6. The van der Waals surface area contributed by atoms with E-state index in [0.717, 1.165) is 274 Å². The van der Waals surface area contributed by atoms with E-state index in [1.165, 1.54) is 162 Å². The van der Waals surface area contributed by atoms with E-state index in [9.17, 15) is 52.7 Å². The van der Waals surface area contributed by atoms with Gasteiger partial charge in [-0.1, -0.05) is 80.6 Å². The van der Waals surface area contributed by atoms with Crippen molar-refractivity contribution in [3.05, 3.63) is 0 Å². The van der Waals surface area contributed by atoms with Crippen molar-refractivity contribution in [1.82, 2.24) is 39.2 Å². The zero-order valence-corrected chi connectivity index (χ0v) is 88.6. The smallest absolute Gasteiger partial charge is 0.417 e. The third-order valence-electron chi connectivity index (χ3n) is 35.0. The van der Waals surface area contributed by atoms with Gasteiger partial charge in [0, 0.05) is 110 Å². The molecule has 19 fully saturated rings. The van der Waals surface area contributed by atoms with Crippen molar-refractivity contribution >= 4 is 66.5 Å². The van der Waals surface area contributed by atoms with Crippen LogP contribution >= 0.6 is 0 Å². The lowest BCUT2D eigenvalue weighted by atomic mass is 9.46. The maximum Gasteiger partial charge on any atom is 0.417 e. The van der Waals surface area contributed by atoms with Crippen LogP contribution in [0.2, 0.25) is 0 Å². The molecule has 11 saturated carbocycles. The summed E-state index contributed by atoms with van der Waals surface area (Å²) in [4.78, 5) is 144. The number of likely N-dealkylation sites (tertiary alicyclic amines) is 8. The van der Waals surface area contributed by atoms with Gasteiger partial charge >= 0.3 is 48.7 Å². The second kappa shape index (κ2) is 51.9. The molecule has 11 aliphatic carbocycles. The largest absolute Gasteiger partial charge is 0.443 e. The molecule has 0 N–H and O–H groups in total. The molecule has 27 heteroatoms. The molecule has 0 spiro atoms. The summed E-state index contributed by atoms with van der Waals surface area (Å²) in [5.74, 6) is 5.51. The Morgan fingerprint density at radius 2 is 0.650 bits per heavy atom. The van der Waals surface area contributed by atoms with Gasteiger partial charge in [0.2, 0.25) is 17.7 Å². The highest BCUT2D eigenvalue weighted by Crippen LogP contribution is 2.65. The predicted octanol–water partition coefficient (Wildman–Crippen LogP) is 26.0. The standard InChI is InChI=1S/C18H27NO3.C16H25NO2.C15H27NO2.C13H21NO3.C13H23NO2.C13H25NO2.C11H19NO3.C11H21NO2/c1-17(2,22-16(21)19-5-3-4-15(19)20)18-9-12-6-13(10-18)8-14(7-12)11-18;18-15(17-4-2-1-3-5-17)19-16-9-12-6-13(10-16)8-14(7-12)11-16;1-15(2,13-9-5-3-6-10-13)18-14(17)16-11-7-4-8-12-16;1-2-13(8-4-3-5-9-13)17-12(16)14-10-6-7-11(14)15;1-13(8-4-2-5-9-13)16-12(15)14-10-6-3-7-11-14;1-4-13(5-2,6-3)16-12(15)14-10-8-7-9-11-14;1-8(2)11(3,4)15-10(14)12-7-5-6-9(12)13;1-4-11(2,3)14-10(13)12-8-6-5-7-9-12/h12-14H,3-11H2,1-2H3;12-14H,1-11H2;13H,3-12H2,1-2H3;2-10H2,1H3;2-11H2,1H3;4-11H2,1-3H3;8H,5-7H2,1-4H3;4-9H2,1-3H3. The summed E-state index contributed by atoms with van der Waals surface area (Å²) in [5, 5.41) is 0. The number of nitrogens with zero attached hydrogens (tertiary/aromatic N) is 8. The van der Waals surface area contributed by atoms with Gasteiger partial charge in [-0.05, 0) is 399 Å². The minimum Gasteiger partial charge on any atom is -0.443 e. The molecule has 137 heavy (non-hydrogen) atoms. The van der Waals surface area contributed by atoms with E-state index in [1.807, 2.05) is 73.0 Å². The minimum atomic E-state index is -0.528. The number of piperidine rings is 5. The van der Waals surface area contributed by atoms with Crippen molar-refractivity contribution < 1.29 is 90.6 Å². The Morgan fingerprint density at radius 3 is 1.00 bits per heavy atom. The van der Waals surface area contributed by atoms with Crippen LogP contribution in [-0.4, -0.2) is 236 Å². The topological polar surface area (TPSA) is 288 Å². The predicted molar refractivity (Wildman–Crippen MR) is 533 cm³/mol. The van der Waals surface area contributed by atoms with Gasteiger partial charge in [0.1, 0.15) is 44.8 Å². The van der Waals surface area contributed by atoms with Crippen LogP contribution in [0.5, 0.6) is 0 Å². The maximum atomic E-state index is 12.4. The van der Waals surface area contributed by atoms with Crippen molar-refractivity contribution in [3.63, 3.8) is 0 Å². The highest BCUT2D eigenvalue weighted by Gasteiger charge is 2.60. The van der Waals surface area contributed by atoms with Gasteiger partial charge in [0.15, 0.2) is 0 Å². The first-order chi connectivity index (χ1) is 65.1. The fourth-order valence-corrected chi connectivity index (χ4v) is 25.3. The maximum absolute atomic E-state index is 12.4. The van der Waals surface area contributed by atoms with E-state index >= 15 is 0 Å². The van der Waals surface area contributed by atoms with E-state index in [4.69, 9.17) is 37.9 Å². The van der Waals surface area contributed by atoms with Crippen LogP contribution in [0.3, 0.4) is 0 Å². The highest BCUT2D eigenvalue weighted by atomic mass is 16.6. The highest BCUT2D eigenvalue weighted by molar-refractivity contribution is 5.95. The number of hydrogen-bond donors (Lipinski definition) is 0. The number of ether oxygens (including phenoxy) is 8. The van der Waals surface area contributed by atoms with Crippen LogP contribution in [0.15, 0.2) is 0 Å². The molecule has 0 aromatic heterocycles. The fraction of sp³-hybridized carbons (Fsp3) is 0.900. The lowest BCUT2D eigenvalue weighted by Gasteiger charge is -2.61. The summed E-state index contributed by atoms with van der Waals surface area (Å²) in [7, 11) is 0. The summed E-state index contributed by atoms with van der Waals surface area (Å²) < 4.78 is 45.6. The second-order valence-corrected chi connectivity index (χ2v) is 47.1. The first-order valence-electron chi connectivity index (χ1n) is 55.6. The van der Waals surface area contributed by atoms with Crippen molar-refractivity contribution in [2.75, 3.05) is 85.1 Å². The van der Waals surface area contributed by atoms with Gasteiger partial charge in [0.25, 0.3) is 0 Å². The Bertz CT molecular complexity index is 3750. The molecule has 0 radical (unpaired) electrons. The van der Waals surface area contributed by atoms with Crippen LogP contribution in [0.1, 0.15) is 451 Å². The molecular weight excluding hydrogens is 1740 g/mol. The number of amides is 11. The van der Waals surface area contributed by atoms with Gasteiger partial charge < -0.3 is 62.4 Å². The number of carbonyl (C=O) groups excluding carboxylic acids is 11. The van der Waals surface area contributed by atoms with Gasteiger partial charge in [-0.15, -0.1) is 0 Å². The first kappa shape index (κ1) is 112. The number of carbonyl (C=O) groups is 11. The lowest BCUT2D eigenvalue weighted by molar-refractivity contribution is -0.167. The van der Waals surface area contributed by atoms with Crippen molar-refractivity contribution in [2.24, 2.45) is 52.8 Å². The molecule has 0 aromatic rings. The summed E-state index contributed by atoms with van der Waals surface area (Å²) in [5.41, 5.74) is -2.28. The molecule has 782 valence electrons. The summed E-state index contributed by atoms with van der Waals surface area (Å²) in [6.45, 7) is 42.7. The molecule has 0 atom stereocenters. The first-order valence-corrected chi connectivity index (χ1v) is 55.6. The van der Waals surface area contributed by atoms with Crippen molar-refractivity contribution in [3.8, 4) is 0 Å². The van der Waals surface area contributed by atoms with Crippen molar-refractivity contribution in [2.45, 2.75) is 496 Å². The molecule has 8 heterocycles. The average Bonchev–Trinajstić information content (AvgIpc) is 1.49. The molecule has 0 aromatic carbocycles. The molecule has 19 aliphatic rings. The summed E-state index contributed by atoms with van der Waals surface area (Å²) >= 11 is 0. The normalized spacial score (nSPS) is 27.3. The fourth-order valence-electron chi connectivity index (χ4n) is 25.3. The molecule has 0 unspecified atom stereocenters. The van der Waals surface area contributed by atoms with E-state index in [1.54, 1.807) is 0 Å². The van der Waals surface area contributed by atoms with Crippen LogP contribution < -0.4 is 0 Å². The average molecular weight is 1930 g/mol. The summed E-state index contributed by atoms with van der Waals surface area (Å²) in [6.07, 6.45) is 56.7. The molecule has 8 saturated heterocycles. The zero-order chi connectivity index (χ0) is 99.4. The Hall–Kier alpha value is -6.83. The Morgan fingerprint density at radius 1 is 0.328 bits per heavy atom. The number of rotatable bonds is 16. The van der Waals surface area contributed by atoms with Crippen LogP contribution in [-0.2, 0) is 52.3 Å². The van der Waals surface area contributed by atoms with Gasteiger partial charge in [-0.2, -0.15) is 0 Å². The van der Waals surface area contributed by atoms with Gasteiger partial charge in [-0.25, -0.2) is 53.1 Å². The van der Waals surface area contributed by atoms with E-state index in [2.05, 4.69) is 62.3 Å². The van der Waals surface area contributed by atoms with Crippen LogP contribution in [0.4, 0.5) is 38.4 Å². The summed E-state index contributed by atoms with van der Waals surface area (Å²) in [6, 6.07) is 0. The third-order valence-corrected chi connectivity index (χ3v) is 35.0. The lowest BCUT2D eigenvalue weighted by Crippen LogP contribution is -2.58. The quantitative estimate of drug-likeness (QED) is 0.130. The van der Waals surface area contributed by atoms with Gasteiger partial charge in [-0.3, -0.25) is 14.4 Å². The van der Waals surface area contributed by atoms with E-state index < -0.39 is 29.5 Å². The van der Waals surface area contributed by atoms with E-state index in [-0.39, 0.29) is 93.1 Å². The minimum absolute atomic E-state index is 0.0124. The Kier molecular flexibility index (Phi) is 42.5. The molecule has 27 nitrogen and oxygen atoms in total. The second-order valence-electron chi connectivity index (χ2n) is 47.1. The number of imide groups is 3. The van der Waals surface area contributed by atoms with Crippen molar-refractivity contribution in [1.29, 1.82) is 0 Å². The Balaban J connectivity index is 0.000000162. The van der Waals surface area contributed by atoms with Gasteiger partial charge in [0.05, 0.1) is 0 Å². The molecule has 19 rings (SSSR count). The van der Waals surface area contributed by atoms with E-state index in [0.29, 0.717) is 44.8 Å². The third kappa shape index (κ3) is 32.6.